The normalized spacial score (nSPS) is 20.6. The molecule has 0 unspecified atom stereocenters. The molecule has 0 N–H and O–H groups in total. The zero-order valence-electron chi connectivity index (χ0n) is 15.3. The Bertz CT molecular complexity index is 910. The van der Waals surface area contributed by atoms with Gasteiger partial charge in [-0.25, -0.2) is 12.8 Å². The molecule has 7 heteroatoms. The van der Waals surface area contributed by atoms with Crippen molar-refractivity contribution in [3.05, 3.63) is 65.5 Å². The van der Waals surface area contributed by atoms with Crippen LogP contribution in [0.25, 0.3) is 0 Å². The number of aryl methyl sites for hydroxylation is 1. The lowest BCUT2D eigenvalue weighted by Crippen LogP contribution is -2.42. The summed E-state index contributed by atoms with van der Waals surface area (Å²) in [6, 6.07) is 10.8. The lowest BCUT2D eigenvalue weighted by molar-refractivity contribution is -0.147. The topological polar surface area (TPSA) is 63.7 Å². The Balaban J connectivity index is 2.05. The molecular formula is C20H22FNO4S. The Kier molecular flexibility index (Phi) is 5.62. The summed E-state index contributed by atoms with van der Waals surface area (Å²) in [6.45, 7) is 3.73. The molecule has 2 aromatic rings. The number of carbonyl (C=O) groups excluding carboxylic acids is 1. The number of hydrogen-bond donors (Lipinski definition) is 0. The quantitative estimate of drug-likeness (QED) is 0.731. The Morgan fingerprint density at radius 2 is 1.74 bits per heavy atom. The predicted octanol–water partition coefficient (Wildman–Crippen LogP) is 3.59. The Labute approximate surface area is 158 Å². The van der Waals surface area contributed by atoms with Crippen LogP contribution in [-0.2, 0) is 19.6 Å². The van der Waals surface area contributed by atoms with E-state index >= 15 is 0 Å². The first-order chi connectivity index (χ1) is 12.8. The van der Waals surface area contributed by atoms with E-state index in [4.69, 9.17) is 4.74 Å². The molecular weight excluding hydrogens is 369 g/mol. The number of halogens is 1. The Hall–Kier alpha value is -2.25. The van der Waals surface area contributed by atoms with Crippen LogP contribution in [0.2, 0.25) is 0 Å². The van der Waals surface area contributed by atoms with Crippen molar-refractivity contribution >= 4 is 16.0 Å². The van der Waals surface area contributed by atoms with Crippen LogP contribution in [0.4, 0.5) is 4.39 Å². The van der Waals surface area contributed by atoms with Crippen LogP contribution in [0.1, 0.15) is 36.9 Å². The van der Waals surface area contributed by atoms with Gasteiger partial charge in [0.25, 0.3) is 0 Å². The summed E-state index contributed by atoms with van der Waals surface area (Å²) in [6.07, 6.45) is 0.812. The van der Waals surface area contributed by atoms with Gasteiger partial charge in [-0.15, -0.1) is 0 Å². The van der Waals surface area contributed by atoms with Gasteiger partial charge in [-0.3, -0.25) is 4.79 Å². The van der Waals surface area contributed by atoms with Gasteiger partial charge in [-0.05, 0) is 56.5 Å². The van der Waals surface area contributed by atoms with Crippen LogP contribution in [-0.4, -0.2) is 31.3 Å². The average molecular weight is 391 g/mol. The number of benzene rings is 2. The zero-order valence-corrected chi connectivity index (χ0v) is 16.1. The summed E-state index contributed by atoms with van der Waals surface area (Å²) < 4.78 is 46.4. The molecule has 3 rings (SSSR count). The second-order valence-electron chi connectivity index (χ2n) is 6.56. The summed E-state index contributed by atoms with van der Waals surface area (Å²) in [5, 5.41) is 0. The fraction of sp³-hybridized carbons (Fsp3) is 0.350. The molecule has 2 atom stereocenters. The van der Waals surface area contributed by atoms with Crippen molar-refractivity contribution in [2.45, 2.75) is 43.7 Å². The molecule has 2 aromatic carbocycles. The van der Waals surface area contributed by atoms with Crippen LogP contribution >= 0.6 is 0 Å². The SMILES string of the molecule is CCOC(=O)[C@H]1CC[C@@H](c2ccc(F)cc2)N1S(=O)(=O)c1ccc(C)cc1. The van der Waals surface area contributed by atoms with Gasteiger partial charge in [-0.2, -0.15) is 4.31 Å². The van der Waals surface area contributed by atoms with Crippen molar-refractivity contribution in [2.75, 3.05) is 6.61 Å². The van der Waals surface area contributed by atoms with Crippen molar-refractivity contribution in [3.8, 4) is 0 Å². The maximum atomic E-state index is 13.4. The van der Waals surface area contributed by atoms with Crippen molar-refractivity contribution in [3.63, 3.8) is 0 Å². The molecule has 27 heavy (non-hydrogen) atoms. The van der Waals surface area contributed by atoms with Gasteiger partial charge in [0.2, 0.25) is 10.0 Å². The molecule has 0 spiro atoms. The van der Waals surface area contributed by atoms with Gasteiger partial charge in [0.1, 0.15) is 11.9 Å². The number of nitrogens with zero attached hydrogens (tertiary/aromatic N) is 1. The lowest BCUT2D eigenvalue weighted by Gasteiger charge is -2.28. The van der Waals surface area contributed by atoms with Crippen molar-refractivity contribution in [2.24, 2.45) is 0 Å². The minimum absolute atomic E-state index is 0.122. The number of hydrogen-bond acceptors (Lipinski definition) is 4. The monoisotopic (exact) mass is 391 g/mol. The smallest absolute Gasteiger partial charge is 0.324 e. The van der Waals surface area contributed by atoms with E-state index in [-0.39, 0.29) is 11.5 Å². The maximum absolute atomic E-state index is 13.4. The van der Waals surface area contributed by atoms with E-state index in [1.165, 1.54) is 28.6 Å². The van der Waals surface area contributed by atoms with Crippen molar-refractivity contribution in [1.82, 2.24) is 4.31 Å². The van der Waals surface area contributed by atoms with Gasteiger partial charge in [-0.1, -0.05) is 29.8 Å². The van der Waals surface area contributed by atoms with E-state index in [2.05, 4.69) is 0 Å². The fourth-order valence-electron chi connectivity index (χ4n) is 3.41. The van der Waals surface area contributed by atoms with Crippen LogP contribution in [0.5, 0.6) is 0 Å². The fourth-order valence-corrected chi connectivity index (χ4v) is 5.23. The van der Waals surface area contributed by atoms with Crippen LogP contribution < -0.4 is 0 Å². The predicted molar refractivity (Wildman–Crippen MR) is 99.0 cm³/mol. The van der Waals surface area contributed by atoms with E-state index < -0.39 is 33.9 Å². The molecule has 0 aliphatic carbocycles. The first-order valence-corrected chi connectivity index (χ1v) is 10.3. The van der Waals surface area contributed by atoms with Gasteiger partial charge in [0.05, 0.1) is 17.5 Å². The number of carbonyl (C=O) groups is 1. The highest BCUT2D eigenvalue weighted by atomic mass is 32.2. The second-order valence-corrected chi connectivity index (χ2v) is 8.40. The Morgan fingerprint density at radius 1 is 1.11 bits per heavy atom. The zero-order chi connectivity index (χ0) is 19.6. The summed E-state index contributed by atoms with van der Waals surface area (Å²) in [7, 11) is -3.94. The number of esters is 1. The number of sulfonamides is 1. The molecule has 1 aliphatic heterocycles. The van der Waals surface area contributed by atoms with Crippen LogP contribution in [0.3, 0.4) is 0 Å². The average Bonchev–Trinajstić information content (AvgIpc) is 3.09. The molecule has 1 saturated heterocycles. The summed E-state index contributed by atoms with van der Waals surface area (Å²) in [5.41, 5.74) is 1.59. The molecule has 0 aromatic heterocycles. The molecule has 1 heterocycles. The first kappa shape index (κ1) is 19.5. The van der Waals surface area contributed by atoms with Crippen molar-refractivity contribution in [1.29, 1.82) is 0 Å². The third kappa shape index (κ3) is 3.89. The standard InChI is InChI=1S/C20H22FNO4S/c1-3-26-20(23)19-13-12-18(15-6-8-16(21)9-7-15)22(19)27(24,25)17-10-4-14(2)5-11-17/h4-11,18-19H,3,12-13H2,1-2H3/t18-,19+/m0/s1. The van der Waals surface area contributed by atoms with E-state index in [0.717, 1.165) is 5.56 Å². The molecule has 0 amide bonds. The minimum atomic E-state index is -3.94. The van der Waals surface area contributed by atoms with E-state index in [0.29, 0.717) is 18.4 Å². The first-order valence-electron chi connectivity index (χ1n) is 8.87. The molecule has 1 fully saturated rings. The van der Waals surface area contributed by atoms with Gasteiger partial charge < -0.3 is 4.74 Å². The van der Waals surface area contributed by atoms with Gasteiger partial charge in [0, 0.05) is 0 Å². The molecule has 0 saturated carbocycles. The third-order valence-electron chi connectivity index (χ3n) is 4.74. The molecule has 1 aliphatic rings. The lowest BCUT2D eigenvalue weighted by atomic mass is 10.1. The minimum Gasteiger partial charge on any atom is -0.465 e. The molecule has 0 radical (unpaired) electrons. The van der Waals surface area contributed by atoms with Crippen molar-refractivity contribution < 1.29 is 22.3 Å². The highest BCUT2D eigenvalue weighted by Gasteiger charge is 2.46. The largest absolute Gasteiger partial charge is 0.465 e. The second kappa shape index (κ2) is 7.78. The number of rotatable bonds is 5. The highest BCUT2D eigenvalue weighted by molar-refractivity contribution is 7.89. The highest BCUT2D eigenvalue weighted by Crippen LogP contribution is 2.41. The maximum Gasteiger partial charge on any atom is 0.324 e. The van der Waals surface area contributed by atoms with E-state index in [9.17, 15) is 17.6 Å². The summed E-state index contributed by atoms with van der Waals surface area (Å²) in [4.78, 5) is 12.6. The summed E-state index contributed by atoms with van der Waals surface area (Å²) in [5.74, 6) is -0.954. The van der Waals surface area contributed by atoms with Crippen LogP contribution in [0, 0.1) is 12.7 Å². The summed E-state index contributed by atoms with van der Waals surface area (Å²) >= 11 is 0. The van der Waals surface area contributed by atoms with Gasteiger partial charge in [0.15, 0.2) is 0 Å². The third-order valence-corrected chi connectivity index (χ3v) is 6.67. The van der Waals surface area contributed by atoms with E-state index in [1.807, 2.05) is 6.92 Å². The molecule has 144 valence electrons. The van der Waals surface area contributed by atoms with Crippen LogP contribution in [0.15, 0.2) is 53.4 Å². The van der Waals surface area contributed by atoms with E-state index in [1.54, 1.807) is 31.2 Å². The molecule has 0 bridgehead atoms. The number of ether oxygens (including phenoxy) is 1. The Morgan fingerprint density at radius 3 is 2.33 bits per heavy atom. The van der Waals surface area contributed by atoms with Gasteiger partial charge >= 0.3 is 5.97 Å². The molecule has 5 nitrogen and oxygen atoms in total.